The van der Waals surface area contributed by atoms with E-state index >= 15 is 0 Å². The van der Waals surface area contributed by atoms with Gasteiger partial charge in [0.05, 0.1) is 11.4 Å². The first kappa shape index (κ1) is 28.4. The molecule has 0 spiro atoms. The van der Waals surface area contributed by atoms with Crippen LogP contribution < -0.4 is 10.6 Å². The molecular weight excluding hydrogens is 569 g/mol. The maximum Gasteiger partial charge on any atom is 0.0653 e. The lowest BCUT2D eigenvalue weighted by Gasteiger charge is -2.28. The summed E-state index contributed by atoms with van der Waals surface area (Å²) in [6.07, 6.45) is 0. The van der Waals surface area contributed by atoms with E-state index in [2.05, 4.69) is 181 Å². The highest BCUT2D eigenvalue weighted by atomic mass is 15.1. The summed E-state index contributed by atoms with van der Waals surface area (Å²) >= 11 is 0. The van der Waals surface area contributed by atoms with Crippen LogP contribution in [0, 0.1) is 0 Å². The minimum atomic E-state index is 0.675. The van der Waals surface area contributed by atoms with Crippen molar-refractivity contribution >= 4 is 38.6 Å². The molecule has 0 amide bonds. The Morgan fingerprint density at radius 2 is 0.872 bits per heavy atom. The summed E-state index contributed by atoms with van der Waals surface area (Å²) in [7, 11) is 0. The van der Waals surface area contributed by atoms with E-state index in [0.29, 0.717) is 6.54 Å². The van der Waals surface area contributed by atoms with Crippen molar-refractivity contribution in [2.75, 3.05) is 10.6 Å². The summed E-state index contributed by atoms with van der Waals surface area (Å²) in [6.45, 7) is 0.675. The fraction of sp³-hybridized carbons (Fsp3) is 0.0222. The quantitative estimate of drug-likeness (QED) is 0.145. The van der Waals surface area contributed by atoms with Crippen LogP contribution in [0.25, 0.3) is 54.9 Å². The van der Waals surface area contributed by atoms with Gasteiger partial charge >= 0.3 is 0 Å². The van der Waals surface area contributed by atoms with Gasteiger partial charge in [0.25, 0.3) is 0 Å². The first-order valence-electron chi connectivity index (χ1n) is 16.1. The Kier molecular flexibility index (Phi) is 7.45. The number of nitrogens with two attached hydrogens (primary N) is 1. The maximum absolute atomic E-state index is 6.83. The molecule has 8 aromatic carbocycles. The largest absolute Gasteiger partial charge is 0.397 e. The summed E-state index contributed by atoms with van der Waals surface area (Å²) in [5.41, 5.74) is 18.1. The van der Waals surface area contributed by atoms with Crippen LogP contribution in [0.4, 0.5) is 17.1 Å². The second-order valence-electron chi connectivity index (χ2n) is 12.0. The fourth-order valence-electron chi connectivity index (χ4n) is 6.84. The zero-order valence-electron chi connectivity index (χ0n) is 26.1. The molecule has 2 heteroatoms. The summed E-state index contributed by atoms with van der Waals surface area (Å²) in [4.78, 5) is 2.36. The average molecular weight is 603 g/mol. The summed E-state index contributed by atoms with van der Waals surface area (Å²) in [6, 6.07) is 64.8. The van der Waals surface area contributed by atoms with E-state index in [-0.39, 0.29) is 0 Å². The molecule has 8 aromatic rings. The molecule has 2 N–H and O–H groups in total. The summed E-state index contributed by atoms with van der Waals surface area (Å²) in [5.74, 6) is 0. The summed E-state index contributed by atoms with van der Waals surface area (Å²) < 4.78 is 0. The highest BCUT2D eigenvalue weighted by Crippen LogP contribution is 2.46. The molecule has 0 saturated heterocycles. The lowest BCUT2D eigenvalue weighted by molar-refractivity contribution is 0.978. The Hall–Kier alpha value is -6.12. The average Bonchev–Trinajstić information content (AvgIpc) is 3.14. The zero-order chi connectivity index (χ0) is 31.6. The molecule has 0 unspecified atom stereocenters. The zero-order valence-corrected chi connectivity index (χ0v) is 26.1. The van der Waals surface area contributed by atoms with E-state index in [1.165, 1.54) is 49.4 Å². The molecule has 0 radical (unpaired) electrons. The number of nitrogen functional groups attached to an aromatic ring is 1. The highest BCUT2D eigenvalue weighted by Gasteiger charge is 2.20. The third-order valence-corrected chi connectivity index (χ3v) is 9.06. The topological polar surface area (TPSA) is 29.3 Å². The molecule has 0 aliphatic rings. The Bertz CT molecular complexity index is 2310. The Morgan fingerprint density at radius 3 is 1.47 bits per heavy atom. The molecule has 0 bridgehead atoms. The lowest BCUT2D eigenvalue weighted by Crippen LogP contribution is -2.18. The van der Waals surface area contributed by atoms with Crippen molar-refractivity contribution < 1.29 is 0 Å². The van der Waals surface area contributed by atoms with Gasteiger partial charge in [0.15, 0.2) is 0 Å². The molecule has 47 heavy (non-hydrogen) atoms. The van der Waals surface area contributed by atoms with Gasteiger partial charge in [0, 0.05) is 12.2 Å². The molecule has 0 aromatic heterocycles. The normalized spacial score (nSPS) is 11.1. The van der Waals surface area contributed by atoms with Gasteiger partial charge in [0.1, 0.15) is 0 Å². The van der Waals surface area contributed by atoms with Crippen LogP contribution in [0.15, 0.2) is 182 Å². The fourth-order valence-corrected chi connectivity index (χ4v) is 6.84. The molecule has 0 heterocycles. The molecule has 0 saturated carbocycles. The van der Waals surface area contributed by atoms with Crippen molar-refractivity contribution in [2.24, 2.45) is 0 Å². The van der Waals surface area contributed by atoms with Crippen LogP contribution >= 0.6 is 0 Å². The Labute approximate surface area is 276 Å². The number of anilines is 3. The number of nitrogens with zero attached hydrogens (tertiary/aromatic N) is 1. The SMILES string of the molecule is Nc1ccc(-c2ccccc2)cc1N(Cc1ccccc1)c1ccc2c(-c3ccccc3)c3ccccc3c(-c3ccccc3)c2c1. The Morgan fingerprint density at radius 1 is 0.383 bits per heavy atom. The second-order valence-corrected chi connectivity index (χ2v) is 12.0. The van der Waals surface area contributed by atoms with E-state index in [9.17, 15) is 0 Å². The highest BCUT2D eigenvalue weighted by molar-refractivity contribution is 6.22. The van der Waals surface area contributed by atoms with Gasteiger partial charge < -0.3 is 10.6 Å². The Balaban J connectivity index is 1.42. The van der Waals surface area contributed by atoms with Crippen LogP contribution in [0.1, 0.15) is 5.56 Å². The van der Waals surface area contributed by atoms with Crippen molar-refractivity contribution in [1.29, 1.82) is 0 Å². The van der Waals surface area contributed by atoms with Crippen molar-refractivity contribution in [3.05, 3.63) is 188 Å². The van der Waals surface area contributed by atoms with Crippen molar-refractivity contribution in [2.45, 2.75) is 6.54 Å². The van der Waals surface area contributed by atoms with Crippen molar-refractivity contribution in [1.82, 2.24) is 0 Å². The standard InChI is InChI=1S/C45H34N2/c46-42-28-25-36(33-17-7-2-8-18-33)29-43(42)47(31-32-15-5-1-6-16-32)37-26-27-40-41(30-37)45(35-21-11-4-12-22-35)39-24-14-13-23-38(39)44(40)34-19-9-3-10-20-34/h1-30H,31,46H2. The number of hydrogen-bond acceptors (Lipinski definition) is 2. The molecule has 0 aliphatic heterocycles. The van der Waals surface area contributed by atoms with Gasteiger partial charge in [-0.15, -0.1) is 0 Å². The maximum atomic E-state index is 6.83. The van der Waals surface area contributed by atoms with Crippen molar-refractivity contribution in [3.63, 3.8) is 0 Å². The van der Waals surface area contributed by atoms with Gasteiger partial charge in [-0.2, -0.15) is 0 Å². The van der Waals surface area contributed by atoms with E-state index in [4.69, 9.17) is 5.73 Å². The predicted octanol–water partition coefficient (Wildman–Crippen LogP) is 11.9. The monoisotopic (exact) mass is 602 g/mol. The molecule has 0 aliphatic carbocycles. The lowest BCUT2D eigenvalue weighted by atomic mass is 9.85. The van der Waals surface area contributed by atoms with Gasteiger partial charge in [-0.1, -0.05) is 158 Å². The number of rotatable bonds is 7. The van der Waals surface area contributed by atoms with E-state index in [1.54, 1.807) is 0 Å². The van der Waals surface area contributed by atoms with E-state index < -0.39 is 0 Å². The molecule has 224 valence electrons. The number of benzene rings is 8. The predicted molar refractivity (Wildman–Crippen MR) is 201 cm³/mol. The van der Waals surface area contributed by atoms with Gasteiger partial charge in [-0.3, -0.25) is 0 Å². The van der Waals surface area contributed by atoms with Crippen LogP contribution in [-0.4, -0.2) is 0 Å². The second kappa shape index (κ2) is 12.3. The van der Waals surface area contributed by atoms with Crippen molar-refractivity contribution in [3.8, 4) is 33.4 Å². The number of hydrogen-bond donors (Lipinski definition) is 1. The van der Waals surface area contributed by atoms with E-state index in [0.717, 1.165) is 28.2 Å². The van der Waals surface area contributed by atoms with E-state index in [1.807, 2.05) is 6.07 Å². The minimum Gasteiger partial charge on any atom is -0.397 e. The number of fused-ring (bicyclic) bond motifs is 2. The minimum absolute atomic E-state index is 0.675. The van der Waals surface area contributed by atoms with Gasteiger partial charge in [-0.05, 0) is 84.8 Å². The van der Waals surface area contributed by atoms with Gasteiger partial charge in [-0.25, -0.2) is 0 Å². The third kappa shape index (κ3) is 5.41. The molecule has 8 rings (SSSR count). The summed E-state index contributed by atoms with van der Waals surface area (Å²) in [5, 5.41) is 4.92. The molecule has 0 atom stereocenters. The van der Waals surface area contributed by atoms with Crippen LogP contribution in [0.3, 0.4) is 0 Å². The first-order chi connectivity index (χ1) is 23.2. The van der Waals surface area contributed by atoms with Crippen LogP contribution in [0.5, 0.6) is 0 Å². The molecule has 0 fully saturated rings. The van der Waals surface area contributed by atoms with Gasteiger partial charge in [0.2, 0.25) is 0 Å². The third-order valence-electron chi connectivity index (χ3n) is 9.06. The van der Waals surface area contributed by atoms with Crippen LogP contribution in [-0.2, 0) is 6.54 Å². The first-order valence-corrected chi connectivity index (χ1v) is 16.1. The molecule has 2 nitrogen and oxygen atoms in total. The smallest absolute Gasteiger partial charge is 0.0653 e. The van der Waals surface area contributed by atoms with Crippen LogP contribution in [0.2, 0.25) is 0 Å². The molecular formula is C45H34N2.